The lowest BCUT2D eigenvalue weighted by molar-refractivity contribution is 0.589. The van der Waals surface area contributed by atoms with Crippen LogP contribution in [0.1, 0.15) is 69.4 Å². The molecule has 0 aromatic heterocycles. The highest BCUT2D eigenvalue weighted by Gasteiger charge is 2.26. The van der Waals surface area contributed by atoms with Crippen molar-refractivity contribution >= 4 is 31.3 Å². The maximum absolute atomic E-state index is 12.0. The van der Waals surface area contributed by atoms with Crippen molar-refractivity contribution in [3.63, 3.8) is 0 Å². The van der Waals surface area contributed by atoms with E-state index in [1.54, 1.807) is 5.41 Å². The van der Waals surface area contributed by atoms with Crippen LogP contribution in [-0.2, 0) is 41.7 Å². The number of benzene rings is 2. The highest BCUT2D eigenvalue weighted by atomic mass is 32.2. The van der Waals surface area contributed by atoms with Crippen LogP contribution < -0.4 is 0 Å². The van der Waals surface area contributed by atoms with Gasteiger partial charge in [0.05, 0.1) is 11.5 Å². The Hall–Kier alpha value is -1.85. The molecule has 0 fully saturated rings. The number of rotatable bonds is 0. The molecule has 1 unspecified atom stereocenters. The van der Waals surface area contributed by atoms with Crippen LogP contribution in [0.3, 0.4) is 0 Å². The first-order valence-electron chi connectivity index (χ1n) is 10.1. The summed E-state index contributed by atoms with van der Waals surface area (Å²) in [6.07, 6.45) is 1.92. The van der Waals surface area contributed by atoms with Crippen LogP contribution in [0.2, 0.25) is 0 Å². The van der Waals surface area contributed by atoms with Gasteiger partial charge in [-0.15, -0.1) is 0 Å². The van der Waals surface area contributed by atoms with Crippen molar-refractivity contribution in [2.75, 3.05) is 0 Å². The van der Waals surface area contributed by atoms with Gasteiger partial charge in [-0.1, -0.05) is 65.8 Å². The van der Waals surface area contributed by atoms with Gasteiger partial charge in [0.1, 0.15) is 0 Å². The van der Waals surface area contributed by atoms with Gasteiger partial charge in [0, 0.05) is 14.4 Å². The second-order valence-electron chi connectivity index (χ2n) is 10.3. The molecule has 0 bridgehead atoms. The summed E-state index contributed by atoms with van der Waals surface area (Å²) in [7, 11) is -5.02. The van der Waals surface area contributed by atoms with Crippen molar-refractivity contribution in [2.24, 2.45) is 0 Å². The van der Waals surface area contributed by atoms with E-state index in [0.717, 1.165) is 21.6 Å². The molecule has 0 radical (unpaired) electrons. The molecule has 0 spiro atoms. The number of sulfone groups is 1. The third-order valence-corrected chi connectivity index (χ3v) is 8.73. The quantitative estimate of drug-likeness (QED) is 0.507. The van der Waals surface area contributed by atoms with Crippen LogP contribution >= 0.6 is 0 Å². The van der Waals surface area contributed by atoms with Crippen LogP contribution in [0.5, 0.6) is 0 Å². The van der Waals surface area contributed by atoms with E-state index in [2.05, 4.69) is 59.5 Å². The van der Waals surface area contributed by atoms with Crippen LogP contribution in [-0.4, -0.2) is 18.5 Å². The normalized spacial score (nSPS) is 21.5. The van der Waals surface area contributed by atoms with E-state index in [-0.39, 0.29) is 22.3 Å². The SMILES string of the molecule is C=S1(=O)C=Cc2cc(C(C)(C)C)ccc21.CC(C)(C)c1ccc2c(c1)CS(=O)(=O)C2. The summed E-state index contributed by atoms with van der Waals surface area (Å²) < 4.78 is 34.9. The summed E-state index contributed by atoms with van der Waals surface area (Å²) in [6, 6.07) is 12.2. The van der Waals surface area contributed by atoms with Crippen molar-refractivity contribution in [2.45, 2.75) is 68.8 Å². The second kappa shape index (κ2) is 7.38. The minimum Gasteiger partial charge on any atom is -0.259 e. The van der Waals surface area contributed by atoms with Crippen molar-refractivity contribution in [3.05, 3.63) is 69.6 Å². The second-order valence-corrected chi connectivity index (χ2v) is 14.5. The molecular formula is C25H32O3S2. The average Bonchev–Trinajstić information content (AvgIpc) is 3.07. The smallest absolute Gasteiger partial charge is 0.158 e. The summed E-state index contributed by atoms with van der Waals surface area (Å²) in [5.74, 6) is 4.17. The molecular weight excluding hydrogens is 412 g/mol. The van der Waals surface area contributed by atoms with E-state index in [4.69, 9.17) is 0 Å². The lowest BCUT2D eigenvalue weighted by Gasteiger charge is -2.19. The largest absolute Gasteiger partial charge is 0.259 e. The van der Waals surface area contributed by atoms with Crippen LogP contribution in [0, 0.1) is 0 Å². The molecule has 162 valence electrons. The van der Waals surface area contributed by atoms with Gasteiger partial charge < -0.3 is 0 Å². The molecule has 0 N–H and O–H groups in total. The van der Waals surface area contributed by atoms with Gasteiger partial charge in [-0.2, -0.15) is 0 Å². The van der Waals surface area contributed by atoms with E-state index in [1.165, 1.54) is 11.1 Å². The first kappa shape index (κ1) is 22.8. The molecule has 2 aromatic rings. The minimum absolute atomic E-state index is 0.0847. The zero-order chi connectivity index (χ0) is 22.5. The van der Waals surface area contributed by atoms with Crippen molar-refractivity contribution in [1.29, 1.82) is 0 Å². The Morgan fingerprint density at radius 1 is 0.767 bits per heavy atom. The molecule has 4 rings (SSSR count). The fourth-order valence-corrected chi connectivity index (χ4v) is 6.55. The first-order valence-corrected chi connectivity index (χ1v) is 13.7. The molecule has 1 atom stereocenters. The molecule has 30 heavy (non-hydrogen) atoms. The van der Waals surface area contributed by atoms with E-state index >= 15 is 0 Å². The number of fused-ring (bicyclic) bond motifs is 2. The predicted molar refractivity (Wildman–Crippen MR) is 129 cm³/mol. The van der Waals surface area contributed by atoms with Gasteiger partial charge in [-0.3, -0.25) is 4.21 Å². The Morgan fingerprint density at radius 2 is 1.30 bits per heavy atom. The van der Waals surface area contributed by atoms with Gasteiger partial charge in [-0.25, -0.2) is 8.42 Å². The molecule has 2 heterocycles. The topological polar surface area (TPSA) is 51.2 Å². The summed E-state index contributed by atoms with van der Waals surface area (Å²) >= 11 is 0. The Balaban J connectivity index is 0.000000171. The van der Waals surface area contributed by atoms with Gasteiger partial charge in [0.2, 0.25) is 0 Å². The standard InChI is InChI=1S/C13H16OS.C12H16O2S/c1-13(2,3)11-5-6-12-10(9-11)7-8-15(12,4)14;1-12(2,3)11-5-4-9-7-15(13,14)8-10(9)6-11/h5-9H,4H2,1-3H3;4-6H,7-8H2,1-3H3. The van der Waals surface area contributed by atoms with Gasteiger partial charge >= 0.3 is 0 Å². The Labute approximate surface area is 182 Å². The van der Waals surface area contributed by atoms with E-state index in [0.29, 0.717) is 0 Å². The Morgan fingerprint density at radius 3 is 1.90 bits per heavy atom. The van der Waals surface area contributed by atoms with E-state index < -0.39 is 19.4 Å². The van der Waals surface area contributed by atoms with Crippen LogP contribution in [0.15, 0.2) is 46.7 Å². The third-order valence-electron chi connectivity index (χ3n) is 5.54. The van der Waals surface area contributed by atoms with Gasteiger partial charge in [0.25, 0.3) is 0 Å². The highest BCUT2D eigenvalue weighted by Crippen LogP contribution is 2.32. The summed E-state index contributed by atoms with van der Waals surface area (Å²) in [4.78, 5) is 0.871. The molecule has 0 saturated heterocycles. The summed E-state index contributed by atoms with van der Waals surface area (Å²) in [6.45, 7) is 12.9. The summed E-state index contributed by atoms with van der Waals surface area (Å²) in [5, 5.41) is 1.71. The maximum Gasteiger partial charge on any atom is 0.158 e. The molecule has 0 amide bonds. The molecule has 0 aliphatic carbocycles. The zero-order valence-corrected chi connectivity index (χ0v) is 20.4. The molecule has 0 saturated carbocycles. The lowest BCUT2D eigenvalue weighted by Crippen LogP contribution is -2.11. The van der Waals surface area contributed by atoms with Crippen molar-refractivity contribution in [1.82, 2.24) is 0 Å². The fourth-order valence-electron chi connectivity index (χ4n) is 3.61. The highest BCUT2D eigenvalue weighted by molar-refractivity contribution is 8.03. The number of hydrogen-bond acceptors (Lipinski definition) is 3. The Bertz CT molecular complexity index is 1220. The van der Waals surface area contributed by atoms with Crippen molar-refractivity contribution in [3.8, 4) is 0 Å². The van der Waals surface area contributed by atoms with Crippen LogP contribution in [0.4, 0.5) is 0 Å². The monoisotopic (exact) mass is 444 g/mol. The lowest BCUT2D eigenvalue weighted by atomic mass is 9.85. The first-order chi connectivity index (χ1) is 13.6. The number of hydrogen-bond donors (Lipinski definition) is 0. The zero-order valence-electron chi connectivity index (χ0n) is 18.8. The third kappa shape index (κ3) is 4.89. The maximum atomic E-state index is 12.0. The fraction of sp³-hybridized carbons (Fsp3) is 0.400. The summed E-state index contributed by atoms with van der Waals surface area (Å²) in [5.41, 5.74) is 5.71. The molecule has 2 aliphatic rings. The van der Waals surface area contributed by atoms with Crippen molar-refractivity contribution < 1.29 is 12.6 Å². The molecule has 2 aliphatic heterocycles. The van der Waals surface area contributed by atoms with Gasteiger partial charge in [0.15, 0.2) is 9.84 Å². The van der Waals surface area contributed by atoms with E-state index in [9.17, 15) is 12.6 Å². The van der Waals surface area contributed by atoms with Gasteiger partial charge in [-0.05, 0) is 68.1 Å². The minimum atomic E-state index is -2.87. The average molecular weight is 445 g/mol. The Kier molecular flexibility index (Phi) is 5.62. The molecule has 2 aromatic carbocycles. The predicted octanol–water partition coefficient (Wildman–Crippen LogP) is 5.46. The molecule has 5 heteroatoms. The van der Waals surface area contributed by atoms with E-state index in [1.807, 2.05) is 30.3 Å². The van der Waals surface area contributed by atoms with Crippen LogP contribution in [0.25, 0.3) is 6.08 Å². The molecule has 3 nitrogen and oxygen atoms in total.